The topological polar surface area (TPSA) is 50.4 Å². The average Bonchev–Trinajstić information content (AvgIpc) is 2.28. The predicted molar refractivity (Wildman–Crippen MR) is 64.4 cm³/mol. The normalized spacial score (nSPS) is 10.4. The molecule has 0 saturated carbocycles. The van der Waals surface area contributed by atoms with E-state index in [-0.39, 0.29) is 0 Å². The van der Waals surface area contributed by atoms with Crippen LogP contribution in [-0.4, -0.2) is 12.6 Å². The molecule has 0 radical (unpaired) electrons. The minimum absolute atomic E-state index is 0.338. The van der Waals surface area contributed by atoms with Crippen molar-refractivity contribution in [2.24, 2.45) is 0 Å². The Morgan fingerprint density at radius 3 is 2.75 bits per heavy atom. The van der Waals surface area contributed by atoms with Gasteiger partial charge in [0.25, 0.3) is 0 Å². The molecule has 86 valence electrons. The fourth-order valence-electron chi connectivity index (χ4n) is 0.941. The van der Waals surface area contributed by atoms with Crippen molar-refractivity contribution in [3.05, 3.63) is 41.4 Å². The summed E-state index contributed by atoms with van der Waals surface area (Å²) in [7, 11) is 0. The van der Waals surface area contributed by atoms with Crippen molar-refractivity contribution in [2.45, 2.75) is 6.92 Å². The van der Waals surface area contributed by atoms with E-state index in [1.165, 1.54) is 0 Å². The highest BCUT2D eigenvalue weighted by Gasteiger charge is 2.00. The molecule has 1 aromatic rings. The Hall–Kier alpha value is -1.52. The minimum atomic E-state index is -0.424. The van der Waals surface area contributed by atoms with Crippen molar-refractivity contribution >= 4 is 23.3 Å². The van der Waals surface area contributed by atoms with Gasteiger partial charge in [-0.3, -0.25) is 4.84 Å². The molecule has 16 heavy (non-hydrogen) atoms. The molecule has 0 fully saturated rings. The van der Waals surface area contributed by atoms with Crippen LogP contribution in [0.3, 0.4) is 0 Å². The number of allylic oxidation sites excluding steroid dienone is 1. The summed E-state index contributed by atoms with van der Waals surface area (Å²) in [6.45, 7) is 2.21. The Labute approximate surface area is 99.2 Å². The molecule has 0 aliphatic heterocycles. The second kappa shape index (κ2) is 6.87. The Bertz CT molecular complexity index is 363. The van der Waals surface area contributed by atoms with Crippen molar-refractivity contribution in [3.8, 4) is 0 Å². The highest BCUT2D eigenvalue weighted by molar-refractivity contribution is 6.30. The van der Waals surface area contributed by atoms with E-state index in [1.54, 1.807) is 30.3 Å². The average molecular weight is 241 g/mol. The van der Waals surface area contributed by atoms with Gasteiger partial charge in [0.1, 0.15) is 0 Å². The Morgan fingerprint density at radius 2 is 2.12 bits per heavy atom. The van der Waals surface area contributed by atoms with Crippen LogP contribution in [0.1, 0.15) is 6.92 Å². The molecule has 0 bridgehead atoms. The van der Waals surface area contributed by atoms with Crippen LogP contribution in [0.25, 0.3) is 0 Å². The van der Waals surface area contributed by atoms with E-state index in [1.807, 2.05) is 13.0 Å². The van der Waals surface area contributed by atoms with Crippen LogP contribution in [0.5, 0.6) is 0 Å². The third kappa shape index (κ3) is 4.82. The van der Waals surface area contributed by atoms with E-state index in [9.17, 15) is 4.79 Å². The summed E-state index contributed by atoms with van der Waals surface area (Å²) in [6, 6.07) is 6.36. The van der Waals surface area contributed by atoms with Gasteiger partial charge in [0.2, 0.25) is 0 Å². The summed E-state index contributed by atoms with van der Waals surface area (Å²) in [4.78, 5) is 16.1. The van der Waals surface area contributed by atoms with Gasteiger partial charge in [-0.15, -0.1) is 0 Å². The molecule has 0 aromatic heterocycles. The third-order valence-electron chi connectivity index (χ3n) is 1.68. The zero-order valence-corrected chi connectivity index (χ0v) is 9.62. The standard InChI is InChI=1S/C11H13ClN2O2/c1-2-3-8-16-14-11(15)13-10-6-4-9(12)5-7-10/h2-7H,8H2,1H3,(H2,13,14,15)/b3-2+. The van der Waals surface area contributed by atoms with Crippen molar-refractivity contribution in [1.82, 2.24) is 5.48 Å². The lowest BCUT2D eigenvalue weighted by atomic mass is 10.3. The van der Waals surface area contributed by atoms with E-state index in [4.69, 9.17) is 16.4 Å². The monoisotopic (exact) mass is 240 g/mol. The number of hydrogen-bond donors (Lipinski definition) is 2. The van der Waals surface area contributed by atoms with Crippen LogP contribution in [0, 0.1) is 0 Å². The summed E-state index contributed by atoms with van der Waals surface area (Å²) >= 11 is 5.71. The summed E-state index contributed by atoms with van der Waals surface area (Å²) in [5.74, 6) is 0. The molecule has 5 heteroatoms. The summed E-state index contributed by atoms with van der Waals surface area (Å²) < 4.78 is 0. The molecule has 0 atom stereocenters. The SMILES string of the molecule is C/C=C/CONC(=O)Nc1ccc(Cl)cc1. The molecule has 0 aliphatic carbocycles. The van der Waals surface area contributed by atoms with Crippen LogP contribution in [0.4, 0.5) is 10.5 Å². The van der Waals surface area contributed by atoms with Gasteiger partial charge in [0.05, 0.1) is 6.61 Å². The lowest BCUT2D eigenvalue weighted by Gasteiger charge is -2.06. The molecule has 0 aliphatic rings. The number of amides is 2. The molecule has 0 spiro atoms. The van der Waals surface area contributed by atoms with Crippen molar-refractivity contribution in [2.75, 3.05) is 11.9 Å². The largest absolute Gasteiger partial charge is 0.343 e. The molecule has 0 heterocycles. The second-order valence-electron chi connectivity index (χ2n) is 2.94. The summed E-state index contributed by atoms with van der Waals surface area (Å²) in [5.41, 5.74) is 2.90. The molecule has 1 rings (SSSR count). The second-order valence-corrected chi connectivity index (χ2v) is 3.38. The first-order chi connectivity index (χ1) is 7.72. The molecule has 4 nitrogen and oxygen atoms in total. The fraction of sp³-hybridized carbons (Fsp3) is 0.182. The van der Waals surface area contributed by atoms with Crippen molar-refractivity contribution in [1.29, 1.82) is 0 Å². The molecule has 1 aromatic carbocycles. The highest BCUT2D eigenvalue weighted by Crippen LogP contribution is 2.12. The maximum Gasteiger partial charge on any atom is 0.343 e. The smallest absolute Gasteiger partial charge is 0.306 e. The number of carbonyl (C=O) groups is 1. The maximum atomic E-state index is 11.3. The van der Waals surface area contributed by atoms with E-state index in [0.717, 1.165) is 0 Å². The van der Waals surface area contributed by atoms with Gasteiger partial charge >= 0.3 is 6.03 Å². The molecular weight excluding hydrogens is 228 g/mol. The highest BCUT2D eigenvalue weighted by atomic mass is 35.5. The molecule has 2 amide bonds. The van der Waals surface area contributed by atoms with Gasteiger partial charge in [0, 0.05) is 10.7 Å². The number of hydroxylamine groups is 1. The van der Waals surface area contributed by atoms with E-state index in [0.29, 0.717) is 17.3 Å². The first-order valence-electron chi connectivity index (χ1n) is 4.78. The molecule has 0 saturated heterocycles. The summed E-state index contributed by atoms with van der Waals surface area (Å²) in [5, 5.41) is 3.21. The number of halogens is 1. The quantitative estimate of drug-likeness (QED) is 0.483. The minimum Gasteiger partial charge on any atom is -0.306 e. The number of urea groups is 1. The van der Waals surface area contributed by atoms with Crippen LogP contribution in [0.2, 0.25) is 5.02 Å². The summed E-state index contributed by atoms with van der Waals surface area (Å²) in [6.07, 6.45) is 3.61. The lowest BCUT2D eigenvalue weighted by Crippen LogP contribution is -2.28. The van der Waals surface area contributed by atoms with Crippen LogP contribution >= 0.6 is 11.6 Å². The fourth-order valence-corrected chi connectivity index (χ4v) is 1.07. The molecule has 2 N–H and O–H groups in total. The van der Waals surface area contributed by atoms with Gasteiger partial charge in [-0.05, 0) is 31.2 Å². The van der Waals surface area contributed by atoms with Crippen LogP contribution < -0.4 is 10.8 Å². The maximum absolute atomic E-state index is 11.3. The number of rotatable bonds is 4. The van der Waals surface area contributed by atoms with Gasteiger partial charge < -0.3 is 5.32 Å². The van der Waals surface area contributed by atoms with Crippen molar-refractivity contribution in [3.63, 3.8) is 0 Å². The number of anilines is 1. The molecular formula is C11H13ClN2O2. The Balaban J connectivity index is 2.31. The number of nitrogens with one attached hydrogen (secondary N) is 2. The Kier molecular flexibility index (Phi) is 5.39. The van der Waals surface area contributed by atoms with E-state index in [2.05, 4.69) is 10.8 Å². The van der Waals surface area contributed by atoms with E-state index >= 15 is 0 Å². The number of carbonyl (C=O) groups excluding carboxylic acids is 1. The zero-order valence-electron chi connectivity index (χ0n) is 8.87. The van der Waals surface area contributed by atoms with E-state index < -0.39 is 6.03 Å². The zero-order chi connectivity index (χ0) is 11.8. The number of benzene rings is 1. The first kappa shape index (κ1) is 12.5. The lowest BCUT2D eigenvalue weighted by molar-refractivity contribution is 0.0870. The van der Waals surface area contributed by atoms with Gasteiger partial charge in [0.15, 0.2) is 0 Å². The van der Waals surface area contributed by atoms with Gasteiger partial charge in [-0.2, -0.15) is 0 Å². The third-order valence-corrected chi connectivity index (χ3v) is 1.93. The van der Waals surface area contributed by atoms with Gasteiger partial charge in [-0.25, -0.2) is 10.3 Å². The van der Waals surface area contributed by atoms with Crippen LogP contribution in [-0.2, 0) is 4.84 Å². The van der Waals surface area contributed by atoms with Gasteiger partial charge in [-0.1, -0.05) is 23.8 Å². The van der Waals surface area contributed by atoms with Crippen molar-refractivity contribution < 1.29 is 9.63 Å². The predicted octanol–water partition coefficient (Wildman–Crippen LogP) is 2.97. The first-order valence-corrected chi connectivity index (χ1v) is 5.15. The Morgan fingerprint density at radius 1 is 1.44 bits per heavy atom. The number of hydrogen-bond acceptors (Lipinski definition) is 2. The van der Waals surface area contributed by atoms with Crippen LogP contribution in [0.15, 0.2) is 36.4 Å². The molecule has 0 unspecified atom stereocenters.